The number of hydrogen-bond acceptors (Lipinski definition) is 3. The minimum atomic E-state index is 0.341. The lowest BCUT2D eigenvalue weighted by Gasteiger charge is -2.23. The van der Waals surface area contributed by atoms with Crippen LogP contribution >= 0.6 is 11.3 Å². The number of fused-ring (bicyclic) bond motifs is 1. The van der Waals surface area contributed by atoms with E-state index < -0.39 is 0 Å². The lowest BCUT2D eigenvalue weighted by Crippen LogP contribution is -2.29. The zero-order chi connectivity index (χ0) is 10.3. The highest BCUT2D eigenvalue weighted by molar-refractivity contribution is 7.10. The quantitative estimate of drug-likeness (QED) is 0.791. The van der Waals surface area contributed by atoms with Gasteiger partial charge in [0.1, 0.15) is 0 Å². The van der Waals surface area contributed by atoms with Crippen LogP contribution in [0.5, 0.6) is 0 Å². The molecule has 15 heavy (non-hydrogen) atoms. The minimum absolute atomic E-state index is 0.341. The first-order valence-corrected chi connectivity index (χ1v) is 6.01. The summed E-state index contributed by atoms with van der Waals surface area (Å²) in [5, 5.41) is 9.96. The molecule has 0 aromatic carbocycles. The summed E-state index contributed by atoms with van der Waals surface area (Å²) in [5.41, 5.74) is 2.69. The van der Waals surface area contributed by atoms with Crippen molar-refractivity contribution in [1.29, 1.82) is 0 Å². The molecular weight excluding hydrogens is 206 g/mol. The Kier molecular flexibility index (Phi) is 2.11. The molecular formula is C11H13N3S. The Balaban J connectivity index is 2.02. The van der Waals surface area contributed by atoms with Gasteiger partial charge in [0.05, 0.1) is 12.2 Å². The van der Waals surface area contributed by atoms with E-state index in [-0.39, 0.29) is 0 Å². The third-order valence-corrected chi connectivity index (χ3v) is 3.85. The molecule has 4 heteroatoms. The number of nitrogens with one attached hydrogen (secondary N) is 1. The van der Waals surface area contributed by atoms with Gasteiger partial charge in [-0.3, -0.25) is 4.68 Å². The van der Waals surface area contributed by atoms with E-state index in [0.29, 0.717) is 6.04 Å². The fourth-order valence-corrected chi connectivity index (χ4v) is 3.06. The first-order chi connectivity index (χ1) is 7.34. The maximum absolute atomic E-state index is 4.23. The molecule has 0 spiro atoms. The van der Waals surface area contributed by atoms with Gasteiger partial charge in [-0.05, 0) is 23.4 Å². The second kappa shape index (κ2) is 3.47. The van der Waals surface area contributed by atoms with E-state index in [4.69, 9.17) is 0 Å². The molecule has 1 atom stereocenters. The lowest BCUT2D eigenvalue weighted by molar-refractivity contribution is 0.574. The Morgan fingerprint density at radius 3 is 3.33 bits per heavy atom. The lowest BCUT2D eigenvalue weighted by atomic mass is 9.98. The Hall–Kier alpha value is -1.13. The van der Waals surface area contributed by atoms with Crippen molar-refractivity contribution in [2.75, 3.05) is 6.54 Å². The van der Waals surface area contributed by atoms with Crippen LogP contribution < -0.4 is 5.32 Å². The predicted octanol–water partition coefficient (Wildman–Crippen LogP) is 1.72. The summed E-state index contributed by atoms with van der Waals surface area (Å²) in [6.07, 6.45) is 5.19. The molecule has 0 aliphatic carbocycles. The van der Waals surface area contributed by atoms with Gasteiger partial charge in [-0.25, -0.2) is 0 Å². The molecule has 1 aliphatic heterocycles. The van der Waals surface area contributed by atoms with Crippen LogP contribution in [0.25, 0.3) is 0 Å². The summed E-state index contributed by atoms with van der Waals surface area (Å²) >= 11 is 1.86. The SMILES string of the molecule is Cn1cc(C2NCCc3sccc32)cn1. The molecule has 3 heterocycles. The average Bonchev–Trinajstić information content (AvgIpc) is 2.84. The smallest absolute Gasteiger partial charge is 0.0618 e. The number of rotatable bonds is 1. The van der Waals surface area contributed by atoms with Crippen molar-refractivity contribution >= 4 is 11.3 Å². The number of hydrogen-bond donors (Lipinski definition) is 1. The van der Waals surface area contributed by atoms with Crippen LogP contribution in [0.1, 0.15) is 22.0 Å². The molecule has 1 N–H and O–H groups in total. The maximum atomic E-state index is 4.23. The van der Waals surface area contributed by atoms with Gasteiger partial charge < -0.3 is 5.32 Å². The summed E-state index contributed by atoms with van der Waals surface area (Å²) in [7, 11) is 1.96. The van der Waals surface area contributed by atoms with Crippen LogP contribution in [0.4, 0.5) is 0 Å². The number of thiophene rings is 1. The van der Waals surface area contributed by atoms with E-state index in [1.807, 2.05) is 29.3 Å². The van der Waals surface area contributed by atoms with E-state index in [1.54, 1.807) is 0 Å². The van der Waals surface area contributed by atoms with Gasteiger partial charge in [-0.1, -0.05) is 0 Å². The van der Waals surface area contributed by atoms with Gasteiger partial charge in [-0.2, -0.15) is 5.10 Å². The highest BCUT2D eigenvalue weighted by Gasteiger charge is 2.22. The second-order valence-electron chi connectivity index (χ2n) is 3.88. The highest BCUT2D eigenvalue weighted by atomic mass is 32.1. The molecule has 0 fully saturated rings. The number of nitrogens with zero attached hydrogens (tertiary/aromatic N) is 2. The molecule has 0 saturated carbocycles. The molecule has 78 valence electrons. The van der Waals surface area contributed by atoms with E-state index >= 15 is 0 Å². The highest BCUT2D eigenvalue weighted by Crippen LogP contribution is 2.31. The molecule has 1 unspecified atom stereocenters. The van der Waals surface area contributed by atoms with Crippen LogP contribution in [-0.2, 0) is 13.5 Å². The number of aromatic nitrogens is 2. The van der Waals surface area contributed by atoms with Crippen LogP contribution in [0.3, 0.4) is 0 Å². The molecule has 0 saturated heterocycles. The summed E-state index contributed by atoms with van der Waals surface area (Å²) in [5.74, 6) is 0. The van der Waals surface area contributed by atoms with Crippen LogP contribution in [0.15, 0.2) is 23.8 Å². The van der Waals surface area contributed by atoms with Crippen molar-refractivity contribution in [1.82, 2.24) is 15.1 Å². The van der Waals surface area contributed by atoms with Gasteiger partial charge >= 0.3 is 0 Å². The molecule has 0 bridgehead atoms. The number of aryl methyl sites for hydroxylation is 1. The Morgan fingerprint density at radius 2 is 2.53 bits per heavy atom. The fourth-order valence-electron chi connectivity index (χ4n) is 2.14. The summed E-state index contributed by atoms with van der Waals surface area (Å²) in [6, 6.07) is 2.57. The zero-order valence-electron chi connectivity index (χ0n) is 8.60. The van der Waals surface area contributed by atoms with Crippen molar-refractivity contribution < 1.29 is 0 Å². The van der Waals surface area contributed by atoms with E-state index in [1.165, 1.54) is 16.0 Å². The van der Waals surface area contributed by atoms with Gasteiger partial charge in [0, 0.05) is 30.2 Å². The molecule has 0 amide bonds. The summed E-state index contributed by atoms with van der Waals surface area (Å²) < 4.78 is 1.86. The Morgan fingerprint density at radius 1 is 1.60 bits per heavy atom. The maximum Gasteiger partial charge on any atom is 0.0618 e. The second-order valence-corrected chi connectivity index (χ2v) is 4.88. The van der Waals surface area contributed by atoms with Gasteiger partial charge in [-0.15, -0.1) is 11.3 Å². The largest absolute Gasteiger partial charge is 0.306 e. The van der Waals surface area contributed by atoms with E-state index in [9.17, 15) is 0 Å². The van der Waals surface area contributed by atoms with Crippen molar-refractivity contribution in [2.24, 2.45) is 7.05 Å². The van der Waals surface area contributed by atoms with Crippen molar-refractivity contribution in [2.45, 2.75) is 12.5 Å². The molecule has 1 aliphatic rings. The Labute approximate surface area is 92.7 Å². The third kappa shape index (κ3) is 1.50. The standard InChI is InChI=1S/C11H13N3S/c1-14-7-8(6-13-14)11-9-3-5-15-10(9)2-4-12-11/h3,5-7,11-12H,2,4H2,1H3. The molecule has 0 radical (unpaired) electrons. The van der Waals surface area contributed by atoms with Crippen molar-refractivity contribution in [3.05, 3.63) is 39.8 Å². The topological polar surface area (TPSA) is 29.9 Å². The monoisotopic (exact) mass is 219 g/mol. The molecule has 2 aromatic rings. The van der Waals surface area contributed by atoms with E-state index in [2.05, 4.69) is 28.1 Å². The first-order valence-electron chi connectivity index (χ1n) is 5.13. The minimum Gasteiger partial charge on any atom is -0.306 e. The summed E-state index contributed by atoms with van der Waals surface area (Å²) in [6.45, 7) is 1.06. The first kappa shape index (κ1) is 9.12. The Bertz CT molecular complexity index is 472. The van der Waals surface area contributed by atoms with Gasteiger partial charge in [0.2, 0.25) is 0 Å². The van der Waals surface area contributed by atoms with Crippen LogP contribution in [-0.4, -0.2) is 16.3 Å². The normalized spacial score (nSPS) is 20.2. The van der Waals surface area contributed by atoms with Crippen LogP contribution in [0, 0.1) is 0 Å². The van der Waals surface area contributed by atoms with Crippen molar-refractivity contribution in [3.8, 4) is 0 Å². The zero-order valence-corrected chi connectivity index (χ0v) is 9.42. The predicted molar refractivity (Wildman–Crippen MR) is 61.1 cm³/mol. The molecule has 2 aromatic heterocycles. The fraction of sp³-hybridized carbons (Fsp3) is 0.364. The van der Waals surface area contributed by atoms with Crippen LogP contribution in [0.2, 0.25) is 0 Å². The van der Waals surface area contributed by atoms with Gasteiger partial charge in [0.15, 0.2) is 0 Å². The van der Waals surface area contributed by atoms with E-state index in [0.717, 1.165) is 13.0 Å². The third-order valence-electron chi connectivity index (χ3n) is 2.85. The molecule has 3 rings (SSSR count). The van der Waals surface area contributed by atoms with Gasteiger partial charge in [0.25, 0.3) is 0 Å². The van der Waals surface area contributed by atoms with Crippen molar-refractivity contribution in [3.63, 3.8) is 0 Å². The average molecular weight is 219 g/mol. The summed E-state index contributed by atoms with van der Waals surface area (Å²) in [4.78, 5) is 1.52. The molecule has 3 nitrogen and oxygen atoms in total.